The smallest absolute Gasteiger partial charge is 0.337 e. The summed E-state index contributed by atoms with van der Waals surface area (Å²) in [5.41, 5.74) is 3.31. The van der Waals surface area contributed by atoms with Crippen molar-refractivity contribution in [3.05, 3.63) is 101 Å². The maximum atomic E-state index is 12.4. The maximum Gasteiger partial charge on any atom is 0.337 e. The monoisotopic (exact) mass is 383 g/mol. The summed E-state index contributed by atoms with van der Waals surface area (Å²) in [5, 5.41) is 13.2. The van der Waals surface area contributed by atoms with Gasteiger partial charge in [-0.05, 0) is 53.6 Å². The Hall–Kier alpha value is -4.12. The zero-order valence-corrected chi connectivity index (χ0v) is 15.3. The number of carboxylic acid groups (broad SMARTS) is 1. The van der Waals surface area contributed by atoms with Gasteiger partial charge in [-0.15, -0.1) is 0 Å². The summed E-state index contributed by atoms with van der Waals surface area (Å²) in [6.07, 6.45) is 5.43. The van der Waals surface area contributed by atoms with Gasteiger partial charge in [-0.25, -0.2) is 4.79 Å². The first-order valence-electron chi connectivity index (χ1n) is 8.99. The fourth-order valence-electron chi connectivity index (χ4n) is 3.02. The summed E-state index contributed by atoms with van der Waals surface area (Å²) < 4.78 is 5.34. The number of fused-ring (bicyclic) bond motifs is 1. The Morgan fingerprint density at radius 3 is 2.34 bits per heavy atom. The molecule has 142 valence electrons. The van der Waals surface area contributed by atoms with Crippen molar-refractivity contribution in [1.29, 1.82) is 0 Å². The van der Waals surface area contributed by atoms with Gasteiger partial charge >= 0.3 is 5.97 Å². The average Bonchev–Trinajstić information content (AvgIpc) is 3.20. The second kappa shape index (κ2) is 7.86. The molecule has 0 spiro atoms. The number of carboxylic acids is 1. The molecule has 3 aromatic carbocycles. The molecule has 5 heteroatoms. The first-order chi connectivity index (χ1) is 14.1. The third-order valence-electron chi connectivity index (χ3n) is 4.50. The number of rotatable bonds is 5. The standard InChI is InChI=1S/C24H17NO4/c26-23(18-4-2-1-3-5-18)25-21-15-17(8-10-20(21)24(27)28)7-6-16-9-11-22-19(14-16)12-13-29-22/h1-15H,(H,25,26)(H,27,28)/b7-6+. The number of carbonyl (C=O) groups excluding carboxylic acids is 1. The molecule has 5 nitrogen and oxygen atoms in total. The van der Waals surface area contributed by atoms with E-state index in [1.165, 1.54) is 6.07 Å². The van der Waals surface area contributed by atoms with Crippen molar-refractivity contribution in [2.45, 2.75) is 0 Å². The fourth-order valence-corrected chi connectivity index (χ4v) is 3.02. The molecule has 0 aliphatic rings. The summed E-state index contributed by atoms with van der Waals surface area (Å²) in [6.45, 7) is 0. The Balaban J connectivity index is 1.61. The van der Waals surface area contributed by atoms with Crippen LogP contribution in [0, 0.1) is 0 Å². The van der Waals surface area contributed by atoms with Crippen LogP contribution in [0.4, 0.5) is 5.69 Å². The molecule has 0 radical (unpaired) electrons. The van der Waals surface area contributed by atoms with Crippen LogP contribution in [0.3, 0.4) is 0 Å². The van der Waals surface area contributed by atoms with E-state index in [2.05, 4.69) is 5.32 Å². The van der Waals surface area contributed by atoms with Gasteiger partial charge in [0.2, 0.25) is 0 Å². The molecule has 0 atom stereocenters. The molecule has 1 amide bonds. The van der Waals surface area contributed by atoms with Crippen molar-refractivity contribution in [3.63, 3.8) is 0 Å². The SMILES string of the molecule is O=C(Nc1cc(/C=C/c2ccc3occc3c2)ccc1C(=O)O)c1ccccc1. The molecule has 0 bridgehead atoms. The van der Waals surface area contributed by atoms with Gasteiger partial charge in [0.05, 0.1) is 17.5 Å². The van der Waals surface area contributed by atoms with Gasteiger partial charge in [-0.1, -0.05) is 42.5 Å². The number of carbonyl (C=O) groups is 2. The van der Waals surface area contributed by atoms with Crippen LogP contribution >= 0.6 is 0 Å². The minimum absolute atomic E-state index is 0.0336. The zero-order chi connectivity index (χ0) is 20.2. The number of anilines is 1. The molecule has 0 aliphatic heterocycles. The second-order valence-electron chi connectivity index (χ2n) is 6.48. The molecule has 1 aromatic heterocycles. The van der Waals surface area contributed by atoms with E-state index in [0.717, 1.165) is 22.1 Å². The normalized spacial score (nSPS) is 11.0. The van der Waals surface area contributed by atoms with E-state index in [9.17, 15) is 14.7 Å². The maximum absolute atomic E-state index is 12.4. The van der Waals surface area contributed by atoms with Crippen molar-refractivity contribution in [1.82, 2.24) is 0 Å². The van der Waals surface area contributed by atoms with Gasteiger partial charge in [0.1, 0.15) is 5.58 Å². The molecule has 2 N–H and O–H groups in total. The van der Waals surface area contributed by atoms with Crippen LogP contribution < -0.4 is 5.32 Å². The molecule has 0 fully saturated rings. The molecule has 0 saturated heterocycles. The van der Waals surface area contributed by atoms with Crippen molar-refractivity contribution < 1.29 is 19.1 Å². The van der Waals surface area contributed by atoms with Crippen LogP contribution in [0.5, 0.6) is 0 Å². The van der Waals surface area contributed by atoms with E-state index in [4.69, 9.17) is 4.42 Å². The van der Waals surface area contributed by atoms with Crippen molar-refractivity contribution in [2.24, 2.45) is 0 Å². The van der Waals surface area contributed by atoms with E-state index in [1.807, 2.05) is 42.5 Å². The lowest BCUT2D eigenvalue weighted by molar-refractivity contribution is 0.0698. The summed E-state index contributed by atoms with van der Waals surface area (Å²) in [4.78, 5) is 24.0. The number of hydrogen-bond donors (Lipinski definition) is 2. The lowest BCUT2D eigenvalue weighted by Crippen LogP contribution is -2.14. The topological polar surface area (TPSA) is 79.5 Å². The van der Waals surface area contributed by atoms with Crippen LogP contribution in [0.15, 0.2) is 83.5 Å². The van der Waals surface area contributed by atoms with Crippen molar-refractivity contribution in [2.75, 3.05) is 5.32 Å². The number of amides is 1. The van der Waals surface area contributed by atoms with Gasteiger partial charge in [0.15, 0.2) is 0 Å². The predicted molar refractivity (Wildman–Crippen MR) is 113 cm³/mol. The number of benzene rings is 3. The largest absolute Gasteiger partial charge is 0.478 e. The zero-order valence-electron chi connectivity index (χ0n) is 15.3. The summed E-state index contributed by atoms with van der Waals surface area (Å²) >= 11 is 0. The summed E-state index contributed by atoms with van der Waals surface area (Å²) in [5.74, 6) is -1.46. The van der Waals surface area contributed by atoms with E-state index in [0.29, 0.717) is 5.56 Å². The molecule has 29 heavy (non-hydrogen) atoms. The molecule has 0 saturated carbocycles. The Bertz CT molecular complexity index is 1220. The van der Waals surface area contributed by atoms with Crippen LogP contribution in [-0.2, 0) is 0 Å². The minimum atomic E-state index is -1.10. The second-order valence-corrected chi connectivity index (χ2v) is 6.48. The van der Waals surface area contributed by atoms with Crippen LogP contribution in [0.1, 0.15) is 31.8 Å². The van der Waals surface area contributed by atoms with Gasteiger partial charge < -0.3 is 14.8 Å². The number of furan rings is 1. The Labute approximate surface area is 166 Å². The highest BCUT2D eigenvalue weighted by molar-refractivity contribution is 6.08. The lowest BCUT2D eigenvalue weighted by Gasteiger charge is -2.10. The Kier molecular flexibility index (Phi) is 4.95. The highest BCUT2D eigenvalue weighted by atomic mass is 16.4. The highest BCUT2D eigenvalue weighted by Gasteiger charge is 2.14. The van der Waals surface area contributed by atoms with Gasteiger partial charge in [-0.3, -0.25) is 4.79 Å². The molecule has 0 aliphatic carbocycles. The average molecular weight is 383 g/mol. The number of aromatic carboxylic acids is 1. The van der Waals surface area contributed by atoms with Crippen LogP contribution in [-0.4, -0.2) is 17.0 Å². The quantitative estimate of drug-likeness (QED) is 0.443. The molecule has 4 aromatic rings. The minimum Gasteiger partial charge on any atom is -0.478 e. The predicted octanol–water partition coefficient (Wildman–Crippen LogP) is 5.55. The van der Waals surface area contributed by atoms with Crippen molar-refractivity contribution >= 4 is 40.7 Å². The molecular formula is C24H17NO4. The summed E-state index contributed by atoms with van der Waals surface area (Å²) in [7, 11) is 0. The van der Waals surface area contributed by atoms with Gasteiger partial charge in [-0.2, -0.15) is 0 Å². The van der Waals surface area contributed by atoms with Crippen LogP contribution in [0.2, 0.25) is 0 Å². The summed E-state index contributed by atoms with van der Waals surface area (Å²) in [6, 6.07) is 21.2. The first kappa shape index (κ1) is 18.3. The Morgan fingerprint density at radius 2 is 1.59 bits per heavy atom. The van der Waals surface area contributed by atoms with E-state index >= 15 is 0 Å². The van der Waals surface area contributed by atoms with Gasteiger partial charge in [0.25, 0.3) is 5.91 Å². The molecular weight excluding hydrogens is 366 g/mol. The molecule has 0 unspecified atom stereocenters. The van der Waals surface area contributed by atoms with Crippen LogP contribution in [0.25, 0.3) is 23.1 Å². The number of hydrogen-bond acceptors (Lipinski definition) is 3. The van der Waals surface area contributed by atoms with E-state index < -0.39 is 5.97 Å². The Morgan fingerprint density at radius 1 is 0.862 bits per heavy atom. The van der Waals surface area contributed by atoms with Crippen molar-refractivity contribution in [3.8, 4) is 0 Å². The first-order valence-corrected chi connectivity index (χ1v) is 8.99. The molecule has 4 rings (SSSR count). The third kappa shape index (κ3) is 4.09. The molecule has 1 heterocycles. The highest BCUT2D eigenvalue weighted by Crippen LogP contribution is 2.22. The lowest BCUT2D eigenvalue weighted by atomic mass is 10.1. The number of nitrogens with one attached hydrogen (secondary N) is 1. The van der Waals surface area contributed by atoms with E-state index in [1.54, 1.807) is 42.7 Å². The van der Waals surface area contributed by atoms with Gasteiger partial charge in [0, 0.05) is 10.9 Å². The third-order valence-corrected chi connectivity index (χ3v) is 4.50. The fraction of sp³-hybridized carbons (Fsp3) is 0. The van der Waals surface area contributed by atoms with E-state index in [-0.39, 0.29) is 17.2 Å².